The Bertz CT molecular complexity index is 572. The highest BCUT2D eigenvalue weighted by molar-refractivity contribution is 9.10. The van der Waals surface area contributed by atoms with Crippen LogP contribution in [0.15, 0.2) is 46.9 Å². The second-order valence-electron chi connectivity index (χ2n) is 4.36. The molecule has 0 spiro atoms. The lowest BCUT2D eigenvalue weighted by Crippen LogP contribution is -2.19. The van der Waals surface area contributed by atoms with Gasteiger partial charge in [-0.2, -0.15) is 0 Å². The van der Waals surface area contributed by atoms with Crippen LogP contribution in [0.4, 0.5) is 8.78 Å². The molecule has 0 aliphatic carbocycles. The smallest absolute Gasteiger partial charge is 0.128 e. The van der Waals surface area contributed by atoms with E-state index in [0.717, 1.165) is 0 Å². The predicted molar refractivity (Wildman–Crippen MR) is 75.8 cm³/mol. The summed E-state index contributed by atoms with van der Waals surface area (Å²) in [7, 11) is 0. The van der Waals surface area contributed by atoms with E-state index in [-0.39, 0.29) is 17.7 Å². The maximum atomic E-state index is 13.6. The highest BCUT2D eigenvalue weighted by Gasteiger charge is 2.10. The molecule has 0 fully saturated rings. The quantitative estimate of drug-likeness (QED) is 0.867. The molecule has 100 valence electrons. The van der Waals surface area contributed by atoms with Crippen LogP contribution >= 0.6 is 15.9 Å². The van der Waals surface area contributed by atoms with Crippen LogP contribution in [0.25, 0.3) is 0 Å². The minimum absolute atomic E-state index is 0.177. The minimum atomic E-state index is -0.275. The molecular formula is C15H14BrF2N. The van der Waals surface area contributed by atoms with Crippen LogP contribution in [0.2, 0.25) is 0 Å². The molecule has 0 unspecified atom stereocenters. The van der Waals surface area contributed by atoms with Gasteiger partial charge in [-0.3, -0.25) is 0 Å². The molecule has 0 saturated heterocycles. The molecule has 19 heavy (non-hydrogen) atoms. The van der Waals surface area contributed by atoms with Gasteiger partial charge in [0.2, 0.25) is 0 Å². The van der Waals surface area contributed by atoms with Crippen molar-refractivity contribution in [1.82, 2.24) is 5.32 Å². The third kappa shape index (κ3) is 3.61. The molecule has 0 radical (unpaired) electrons. The van der Waals surface area contributed by atoms with E-state index in [1.165, 1.54) is 12.1 Å². The number of benzene rings is 2. The molecule has 1 atom stereocenters. The van der Waals surface area contributed by atoms with Gasteiger partial charge < -0.3 is 5.32 Å². The minimum Gasteiger partial charge on any atom is -0.306 e. The third-order valence-electron chi connectivity index (χ3n) is 2.99. The molecule has 2 rings (SSSR count). The monoisotopic (exact) mass is 325 g/mol. The van der Waals surface area contributed by atoms with E-state index in [2.05, 4.69) is 21.2 Å². The maximum absolute atomic E-state index is 13.6. The second-order valence-corrected chi connectivity index (χ2v) is 5.28. The summed E-state index contributed by atoms with van der Waals surface area (Å²) in [5, 5.41) is 3.12. The van der Waals surface area contributed by atoms with Gasteiger partial charge in [0.15, 0.2) is 0 Å². The van der Waals surface area contributed by atoms with E-state index in [9.17, 15) is 8.78 Å². The van der Waals surface area contributed by atoms with Crippen LogP contribution in [0.5, 0.6) is 0 Å². The molecule has 1 N–H and O–H groups in total. The zero-order valence-corrected chi connectivity index (χ0v) is 12.0. The first kappa shape index (κ1) is 14.2. The molecule has 0 aromatic heterocycles. The Labute approximate surface area is 119 Å². The molecular weight excluding hydrogens is 312 g/mol. The van der Waals surface area contributed by atoms with Crippen LogP contribution in [-0.4, -0.2) is 0 Å². The summed E-state index contributed by atoms with van der Waals surface area (Å²) in [4.78, 5) is 0. The van der Waals surface area contributed by atoms with Gasteiger partial charge in [0, 0.05) is 28.2 Å². The topological polar surface area (TPSA) is 12.0 Å². The van der Waals surface area contributed by atoms with Gasteiger partial charge in [0.05, 0.1) is 0 Å². The van der Waals surface area contributed by atoms with Crippen molar-refractivity contribution >= 4 is 15.9 Å². The van der Waals surface area contributed by atoms with E-state index < -0.39 is 0 Å². The fraction of sp³-hybridized carbons (Fsp3) is 0.200. The summed E-state index contributed by atoms with van der Waals surface area (Å²) in [6.07, 6.45) is 0. The number of rotatable bonds is 4. The Balaban J connectivity index is 2.04. The lowest BCUT2D eigenvalue weighted by atomic mass is 10.1. The molecule has 0 saturated carbocycles. The van der Waals surface area contributed by atoms with Crippen molar-refractivity contribution in [1.29, 1.82) is 0 Å². The average molecular weight is 326 g/mol. The molecule has 2 aromatic rings. The van der Waals surface area contributed by atoms with E-state index in [1.807, 2.05) is 6.92 Å². The lowest BCUT2D eigenvalue weighted by Gasteiger charge is -2.15. The predicted octanol–water partition coefficient (Wildman–Crippen LogP) is 4.58. The Kier molecular flexibility index (Phi) is 4.66. The molecule has 0 bridgehead atoms. The first-order valence-electron chi connectivity index (χ1n) is 5.99. The van der Waals surface area contributed by atoms with Gasteiger partial charge in [0.1, 0.15) is 11.6 Å². The van der Waals surface area contributed by atoms with Crippen molar-refractivity contribution in [3.05, 3.63) is 69.7 Å². The maximum Gasteiger partial charge on any atom is 0.128 e. The summed E-state index contributed by atoms with van der Waals surface area (Å²) >= 11 is 3.21. The number of halogens is 3. The molecule has 0 aliphatic rings. The Morgan fingerprint density at radius 3 is 2.53 bits per heavy atom. The fourth-order valence-corrected chi connectivity index (χ4v) is 2.20. The summed E-state index contributed by atoms with van der Waals surface area (Å²) in [6.45, 7) is 2.21. The second kappa shape index (κ2) is 6.26. The van der Waals surface area contributed by atoms with E-state index in [1.54, 1.807) is 30.3 Å². The van der Waals surface area contributed by atoms with Gasteiger partial charge in [-0.25, -0.2) is 8.78 Å². The number of hydrogen-bond donors (Lipinski definition) is 1. The standard InChI is InChI=1S/C15H14BrF2N/c1-10(13-4-2-3-5-14(13)17)19-9-11-6-7-12(16)8-15(11)18/h2-8,10,19H,9H2,1H3/t10-/m1/s1. The van der Waals surface area contributed by atoms with Crippen LogP contribution in [0.1, 0.15) is 24.1 Å². The van der Waals surface area contributed by atoms with Crippen LogP contribution in [0.3, 0.4) is 0 Å². The highest BCUT2D eigenvalue weighted by atomic mass is 79.9. The SMILES string of the molecule is C[C@@H](NCc1ccc(Br)cc1F)c1ccccc1F. The van der Waals surface area contributed by atoms with Crippen molar-refractivity contribution in [2.24, 2.45) is 0 Å². The van der Waals surface area contributed by atoms with Crippen molar-refractivity contribution in [2.75, 3.05) is 0 Å². The first-order chi connectivity index (χ1) is 9.08. The van der Waals surface area contributed by atoms with Crippen molar-refractivity contribution in [2.45, 2.75) is 19.5 Å². The van der Waals surface area contributed by atoms with Gasteiger partial charge in [-0.15, -0.1) is 0 Å². The average Bonchev–Trinajstić information content (AvgIpc) is 2.38. The Morgan fingerprint density at radius 2 is 1.84 bits per heavy atom. The zero-order chi connectivity index (χ0) is 13.8. The van der Waals surface area contributed by atoms with Gasteiger partial charge in [-0.05, 0) is 25.1 Å². The Morgan fingerprint density at radius 1 is 1.11 bits per heavy atom. The lowest BCUT2D eigenvalue weighted by molar-refractivity contribution is 0.515. The van der Waals surface area contributed by atoms with Crippen molar-refractivity contribution < 1.29 is 8.78 Å². The summed E-state index contributed by atoms with van der Waals surface area (Å²) in [6, 6.07) is 11.3. The zero-order valence-electron chi connectivity index (χ0n) is 10.5. The highest BCUT2D eigenvalue weighted by Crippen LogP contribution is 2.19. The third-order valence-corrected chi connectivity index (χ3v) is 3.48. The largest absolute Gasteiger partial charge is 0.306 e. The van der Waals surface area contributed by atoms with Crippen LogP contribution < -0.4 is 5.32 Å². The van der Waals surface area contributed by atoms with E-state index in [4.69, 9.17) is 0 Å². The number of hydrogen-bond acceptors (Lipinski definition) is 1. The first-order valence-corrected chi connectivity index (χ1v) is 6.79. The van der Waals surface area contributed by atoms with Crippen LogP contribution in [0, 0.1) is 11.6 Å². The molecule has 2 aromatic carbocycles. The van der Waals surface area contributed by atoms with Gasteiger partial charge in [0.25, 0.3) is 0 Å². The summed E-state index contributed by atoms with van der Waals surface area (Å²) in [5.41, 5.74) is 1.14. The molecule has 0 heterocycles. The molecule has 0 amide bonds. The van der Waals surface area contributed by atoms with E-state index >= 15 is 0 Å². The normalized spacial score (nSPS) is 12.4. The molecule has 0 aliphatic heterocycles. The molecule has 4 heteroatoms. The number of nitrogens with one attached hydrogen (secondary N) is 1. The van der Waals surface area contributed by atoms with Crippen molar-refractivity contribution in [3.63, 3.8) is 0 Å². The van der Waals surface area contributed by atoms with Crippen molar-refractivity contribution in [3.8, 4) is 0 Å². The fourth-order valence-electron chi connectivity index (χ4n) is 1.86. The Hall–Kier alpha value is -1.26. The van der Waals surface area contributed by atoms with Crippen LogP contribution in [-0.2, 0) is 6.54 Å². The van der Waals surface area contributed by atoms with Gasteiger partial charge >= 0.3 is 0 Å². The molecule has 1 nitrogen and oxygen atoms in total. The summed E-state index contributed by atoms with van der Waals surface area (Å²) in [5.74, 6) is -0.526. The summed E-state index contributed by atoms with van der Waals surface area (Å²) < 4.78 is 27.9. The van der Waals surface area contributed by atoms with E-state index in [0.29, 0.717) is 22.1 Å². The van der Waals surface area contributed by atoms with Gasteiger partial charge in [-0.1, -0.05) is 40.2 Å².